The van der Waals surface area contributed by atoms with Gasteiger partial charge in [0.05, 0.1) is 12.1 Å². The minimum Gasteiger partial charge on any atom is -0.352 e. The zero-order valence-electron chi connectivity index (χ0n) is 13.5. The highest BCUT2D eigenvalue weighted by Gasteiger charge is 2.10. The summed E-state index contributed by atoms with van der Waals surface area (Å²) in [6.07, 6.45) is 3.48. The summed E-state index contributed by atoms with van der Waals surface area (Å²) < 4.78 is 1.03. The lowest BCUT2D eigenvalue weighted by Crippen LogP contribution is -2.30. The van der Waals surface area contributed by atoms with Gasteiger partial charge in [-0.05, 0) is 25.1 Å². The van der Waals surface area contributed by atoms with E-state index < -0.39 is 0 Å². The molecule has 0 radical (unpaired) electrons. The van der Waals surface area contributed by atoms with Crippen LogP contribution in [0.1, 0.15) is 12.1 Å². The van der Waals surface area contributed by atoms with Crippen molar-refractivity contribution in [1.82, 2.24) is 15.6 Å². The molecule has 3 rings (SSSR count). The number of hydrogen-bond donors (Lipinski definition) is 2. The van der Waals surface area contributed by atoms with Crippen LogP contribution in [0.15, 0.2) is 45.8 Å². The molecule has 4 nitrogen and oxygen atoms in total. The number of aromatic nitrogens is 1. The van der Waals surface area contributed by atoms with Crippen molar-refractivity contribution >= 4 is 58.0 Å². The molecule has 1 aliphatic rings. The first-order valence-corrected chi connectivity index (χ1v) is 9.23. The number of amides is 1. The molecule has 0 aliphatic carbocycles. The summed E-state index contributed by atoms with van der Waals surface area (Å²) in [4.78, 5) is 16.6. The summed E-state index contributed by atoms with van der Waals surface area (Å²) in [6.45, 7) is 2.53. The van der Waals surface area contributed by atoms with Crippen LogP contribution in [0.4, 0.5) is 0 Å². The van der Waals surface area contributed by atoms with Crippen LogP contribution in [0.5, 0.6) is 0 Å². The maximum Gasteiger partial charge on any atom is 0.226 e. The number of hydrogen-bond acceptors (Lipinski definition) is 4. The van der Waals surface area contributed by atoms with Gasteiger partial charge in [-0.3, -0.25) is 4.79 Å². The van der Waals surface area contributed by atoms with Crippen LogP contribution in [0.3, 0.4) is 0 Å². The molecule has 8 heteroatoms. The molecule has 25 heavy (non-hydrogen) atoms. The normalized spacial score (nSPS) is 13.2. The molecule has 1 amide bonds. The molecule has 2 N–H and O–H groups in total. The van der Waals surface area contributed by atoms with E-state index in [1.807, 2.05) is 29.6 Å². The fraction of sp³-hybridized carbons (Fsp3) is 0.294. The summed E-state index contributed by atoms with van der Waals surface area (Å²) in [5.74, 6) is 0.0236. The number of benzene rings is 1. The van der Waals surface area contributed by atoms with E-state index in [1.165, 1.54) is 5.57 Å². The zero-order chi connectivity index (χ0) is 16.1. The first kappa shape index (κ1) is 22.1. The van der Waals surface area contributed by atoms with Gasteiger partial charge in [-0.1, -0.05) is 39.7 Å². The van der Waals surface area contributed by atoms with Gasteiger partial charge in [0.1, 0.15) is 5.01 Å². The highest BCUT2D eigenvalue weighted by molar-refractivity contribution is 9.10. The number of nitrogens with one attached hydrogen (secondary N) is 2. The number of carbonyl (C=O) groups excluding carboxylic acids is 1. The molecular weight excluding hydrogens is 445 g/mol. The van der Waals surface area contributed by atoms with Crippen LogP contribution >= 0.6 is 52.1 Å². The van der Waals surface area contributed by atoms with Gasteiger partial charge in [0.2, 0.25) is 5.91 Å². The molecule has 1 aromatic carbocycles. The number of halogens is 3. The Hall–Kier alpha value is -0.920. The smallest absolute Gasteiger partial charge is 0.226 e. The predicted molar refractivity (Wildman–Crippen MR) is 112 cm³/mol. The Labute approximate surface area is 172 Å². The van der Waals surface area contributed by atoms with Crippen molar-refractivity contribution in [3.05, 3.63) is 51.5 Å². The van der Waals surface area contributed by atoms with E-state index in [-0.39, 0.29) is 30.7 Å². The summed E-state index contributed by atoms with van der Waals surface area (Å²) in [5.41, 5.74) is 3.18. The van der Waals surface area contributed by atoms with Crippen LogP contribution in [0.25, 0.3) is 10.6 Å². The lowest BCUT2D eigenvalue weighted by molar-refractivity contribution is -0.120. The van der Waals surface area contributed by atoms with Crippen molar-refractivity contribution in [3.8, 4) is 10.6 Å². The van der Waals surface area contributed by atoms with Gasteiger partial charge in [0, 0.05) is 28.5 Å². The van der Waals surface area contributed by atoms with Crippen LogP contribution in [-0.4, -0.2) is 30.5 Å². The maximum atomic E-state index is 12.1. The number of rotatable bonds is 5. The highest BCUT2D eigenvalue weighted by atomic mass is 79.9. The molecular formula is C17H20BrCl2N3OS. The molecule has 1 aliphatic heterocycles. The second-order valence-corrected chi connectivity index (χ2v) is 7.20. The van der Waals surface area contributed by atoms with Gasteiger partial charge in [-0.2, -0.15) is 0 Å². The minimum absolute atomic E-state index is 0. The molecule has 2 aromatic rings. The Morgan fingerprint density at radius 2 is 2.20 bits per heavy atom. The van der Waals surface area contributed by atoms with Crippen LogP contribution in [-0.2, 0) is 11.2 Å². The Morgan fingerprint density at radius 1 is 1.36 bits per heavy atom. The van der Waals surface area contributed by atoms with E-state index in [0.717, 1.165) is 40.2 Å². The summed E-state index contributed by atoms with van der Waals surface area (Å²) in [6, 6.07) is 8.03. The molecule has 0 saturated heterocycles. The van der Waals surface area contributed by atoms with E-state index in [0.29, 0.717) is 13.0 Å². The molecule has 1 aromatic heterocycles. The molecule has 136 valence electrons. The third-order valence-electron chi connectivity index (χ3n) is 3.64. The fourth-order valence-corrected chi connectivity index (χ4v) is 3.63. The summed E-state index contributed by atoms with van der Waals surface area (Å²) in [7, 11) is 0. The summed E-state index contributed by atoms with van der Waals surface area (Å²) in [5, 5.41) is 9.14. The molecule has 0 spiro atoms. The Kier molecular flexibility index (Phi) is 9.67. The zero-order valence-corrected chi connectivity index (χ0v) is 17.5. The van der Waals surface area contributed by atoms with E-state index in [4.69, 9.17) is 0 Å². The topological polar surface area (TPSA) is 54.0 Å². The number of carbonyl (C=O) groups is 1. The van der Waals surface area contributed by atoms with E-state index in [1.54, 1.807) is 11.3 Å². The molecule has 2 heterocycles. The Bertz CT molecular complexity index is 736. The van der Waals surface area contributed by atoms with Crippen molar-refractivity contribution < 1.29 is 4.79 Å². The van der Waals surface area contributed by atoms with Gasteiger partial charge >= 0.3 is 0 Å². The molecule has 0 fully saturated rings. The Balaban J connectivity index is 0.00000156. The van der Waals surface area contributed by atoms with Crippen molar-refractivity contribution in [1.29, 1.82) is 0 Å². The lowest BCUT2D eigenvalue weighted by Gasteiger charge is -2.14. The monoisotopic (exact) mass is 463 g/mol. The summed E-state index contributed by atoms with van der Waals surface area (Å²) >= 11 is 5.04. The van der Waals surface area contributed by atoms with Gasteiger partial charge in [-0.25, -0.2) is 4.98 Å². The van der Waals surface area contributed by atoms with Gasteiger partial charge in [0.15, 0.2) is 0 Å². The molecule has 0 unspecified atom stereocenters. The highest BCUT2D eigenvalue weighted by Crippen LogP contribution is 2.26. The van der Waals surface area contributed by atoms with Gasteiger partial charge in [-0.15, -0.1) is 36.2 Å². The number of thiazole rings is 1. The average Bonchev–Trinajstić information content (AvgIpc) is 3.02. The standard InChI is InChI=1S/C17H18BrN3OS.2ClH/c18-14-3-1-2-13(8-14)17-21-15(11-23-17)9-16(22)20-10-12-4-6-19-7-5-12;;/h1-4,8,11,19H,5-7,9-10H2,(H,20,22);2*1H. The quantitative estimate of drug-likeness (QED) is 0.657. The average molecular weight is 465 g/mol. The van der Waals surface area contributed by atoms with Crippen molar-refractivity contribution in [2.24, 2.45) is 0 Å². The first-order chi connectivity index (χ1) is 11.2. The second-order valence-electron chi connectivity index (χ2n) is 5.42. The fourth-order valence-electron chi connectivity index (χ4n) is 2.41. The SMILES string of the molecule is Cl.Cl.O=C(Cc1csc(-c2cccc(Br)c2)n1)NCC1=CCNCC1. The predicted octanol–water partition coefficient (Wildman–Crippen LogP) is 3.99. The van der Waals surface area contributed by atoms with Crippen molar-refractivity contribution in [3.63, 3.8) is 0 Å². The van der Waals surface area contributed by atoms with E-state index >= 15 is 0 Å². The van der Waals surface area contributed by atoms with E-state index in [9.17, 15) is 4.79 Å². The van der Waals surface area contributed by atoms with Crippen LogP contribution in [0, 0.1) is 0 Å². The van der Waals surface area contributed by atoms with Gasteiger partial charge < -0.3 is 10.6 Å². The minimum atomic E-state index is 0. The molecule has 0 saturated carbocycles. The maximum absolute atomic E-state index is 12.1. The lowest BCUT2D eigenvalue weighted by atomic mass is 10.1. The third-order valence-corrected chi connectivity index (χ3v) is 5.07. The third kappa shape index (κ3) is 6.72. The van der Waals surface area contributed by atoms with Crippen LogP contribution in [0.2, 0.25) is 0 Å². The molecule has 0 atom stereocenters. The van der Waals surface area contributed by atoms with Crippen LogP contribution < -0.4 is 10.6 Å². The van der Waals surface area contributed by atoms with Crippen molar-refractivity contribution in [2.75, 3.05) is 19.6 Å². The largest absolute Gasteiger partial charge is 0.352 e. The second kappa shape index (κ2) is 10.9. The van der Waals surface area contributed by atoms with E-state index in [2.05, 4.69) is 37.6 Å². The molecule has 0 bridgehead atoms. The van der Waals surface area contributed by atoms with Gasteiger partial charge in [0.25, 0.3) is 0 Å². The Morgan fingerprint density at radius 3 is 2.92 bits per heavy atom. The first-order valence-electron chi connectivity index (χ1n) is 7.56. The van der Waals surface area contributed by atoms with Crippen molar-refractivity contribution in [2.45, 2.75) is 12.8 Å². The number of nitrogens with zero attached hydrogens (tertiary/aromatic N) is 1.